The smallest absolute Gasteiger partial charge is 0.240 e. The maximum atomic E-state index is 13.1. The standard InChI is InChI=1S/C26H30N2O4S/c1-31-24-10-12-26(32-2)20(13-24)17-28-22-8-9-23(28)16-21(15-22)27-33(29,30)25-11-7-18-5-3-4-6-19(18)14-25/h3-7,10-14,21-23,27H,8-9,15-17H2,1-2H3. The van der Waals surface area contributed by atoms with Crippen LogP contribution in [0.4, 0.5) is 0 Å². The number of fused-ring (bicyclic) bond motifs is 3. The maximum Gasteiger partial charge on any atom is 0.240 e. The third-order valence-electron chi connectivity index (χ3n) is 7.08. The van der Waals surface area contributed by atoms with Gasteiger partial charge in [0.2, 0.25) is 10.0 Å². The van der Waals surface area contributed by atoms with Gasteiger partial charge in [-0.3, -0.25) is 4.90 Å². The molecule has 0 aromatic heterocycles. The highest BCUT2D eigenvalue weighted by molar-refractivity contribution is 7.89. The summed E-state index contributed by atoms with van der Waals surface area (Å²) in [5.41, 5.74) is 1.10. The number of sulfonamides is 1. The first-order chi connectivity index (χ1) is 16.0. The highest BCUT2D eigenvalue weighted by Crippen LogP contribution is 2.39. The predicted molar refractivity (Wildman–Crippen MR) is 129 cm³/mol. The zero-order valence-electron chi connectivity index (χ0n) is 19.0. The molecule has 0 saturated carbocycles. The van der Waals surface area contributed by atoms with Crippen molar-refractivity contribution in [1.29, 1.82) is 0 Å². The summed E-state index contributed by atoms with van der Waals surface area (Å²) in [4.78, 5) is 2.84. The second-order valence-electron chi connectivity index (χ2n) is 9.03. The molecule has 2 aliphatic rings. The van der Waals surface area contributed by atoms with Gasteiger partial charge in [0.05, 0.1) is 19.1 Å². The monoisotopic (exact) mass is 466 g/mol. The van der Waals surface area contributed by atoms with E-state index in [0.717, 1.165) is 60.1 Å². The Morgan fingerprint density at radius 3 is 2.33 bits per heavy atom. The minimum absolute atomic E-state index is 0.0533. The molecule has 1 N–H and O–H groups in total. The van der Waals surface area contributed by atoms with Gasteiger partial charge in [-0.15, -0.1) is 0 Å². The highest BCUT2D eigenvalue weighted by atomic mass is 32.2. The normalized spacial score (nSPS) is 23.0. The maximum absolute atomic E-state index is 13.1. The molecule has 0 aliphatic carbocycles. The van der Waals surface area contributed by atoms with Gasteiger partial charge in [0.25, 0.3) is 0 Å². The van der Waals surface area contributed by atoms with Crippen LogP contribution in [-0.2, 0) is 16.6 Å². The summed E-state index contributed by atoms with van der Waals surface area (Å²) in [6.45, 7) is 0.778. The van der Waals surface area contributed by atoms with Crippen LogP contribution in [0.15, 0.2) is 65.6 Å². The Kier molecular flexibility index (Phi) is 6.03. The number of nitrogens with zero attached hydrogens (tertiary/aromatic N) is 1. The fourth-order valence-electron chi connectivity index (χ4n) is 5.45. The zero-order valence-corrected chi connectivity index (χ0v) is 19.8. The van der Waals surface area contributed by atoms with Crippen LogP contribution >= 0.6 is 0 Å². The second-order valence-corrected chi connectivity index (χ2v) is 10.7. The lowest BCUT2D eigenvalue weighted by molar-refractivity contribution is 0.114. The molecule has 7 heteroatoms. The summed E-state index contributed by atoms with van der Waals surface area (Å²) in [6, 6.07) is 19.7. The van der Waals surface area contributed by atoms with Crippen molar-refractivity contribution in [3.63, 3.8) is 0 Å². The Labute approximate surface area is 195 Å². The summed E-state index contributed by atoms with van der Waals surface area (Å²) in [7, 11) is -0.214. The Morgan fingerprint density at radius 1 is 0.909 bits per heavy atom. The molecule has 2 bridgehead atoms. The van der Waals surface area contributed by atoms with Gasteiger partial charge in [0.1, 0.15) is 11.5 Å². The van der Waals surface area contributed by atoms with Crippen LogP contribution < -0.4 is 14.2 Å². The van der Waals surface area contributed by atoms with E-state index in [1.54, 1.807) is 26.4 Å². The summed E-state index contributed by atoms with van der Waals surface area (Å²) >= 11 is 0. The topological polar surface area (TPSA) is 67.9 Å². The van der Waals surface area contributed by atoms with Crippen LogP contribution in [0.1, 0.15) is 31.2 Å². The second kappa shape index (κ2) is 8.97. The van der Waals surface area contributed by atoms with Gasteiger partial charge < -0.3 is 9.47 Å². The molecule has 3 aromatic carbocycles. The minimum Gasteiger partial charge on any atom is -0.497 e. The fraction of sp³-hybridized carbons (Fsp3) is 0.385. The van der Waals surface area contributed by atoms with Crippen LogP contribution in [0, 0.1) is 0 Å². The molecule has 174 valence electrons. The van der Waals surface area contributed by atoms with E-state index in [0.29, 0.717) is 17.0 Å². The van der Waals surface area contributed by atoms with E-state index in [1.165, 1.54) is 0 Å². The Hall–Kier alpha value is -2.61. The Balaban J connectivity index is 1.30. The molecular weight excluding hydrogens is 436 g/mol. The molecule has 2 saturated heterocycles. The van der Waals surface area contributed by atoms with Crippen molar-refractivity contribution in [2.75, 3.05) is 14.2 Å². The molecule has 0 spiro atoms. The van der Waals surface area contributed by atoms with Gasteiger partial charge in [-0.25, -0.2) is 13.1 Å². The highest BCUT2D eigenvalue weighted by Gasteiger charge is 2.42. The molecule has 0 amide bonds. The van der Waals surface area contributed by atoms with E-state index in [-0.39, 0.29) is 6.04 Å². The first-order valence-electron chi connectivity index (χ1n) is 11.4. The largest absolute Gasteiger partial charge is 0.497 e. The number of piperidine rings is 1. The predicted octanol–water partition coefficient (Wildman–Crippen LogP) is 4.33. The quantitative estimate of drug-likeness (QED) is 0.561. The first kappa shape index (κ1) is 22.2. The van der Waals surface area contributed by atoms with Crippen molar-refractivity contribution >= 4 is 20.8 Å². The van der Waals surface area contributed by atoms with Crippen molar-refractivity contribution in [1.82, 2.24) is 9.62 Å². The molecule has 3 aromatic rings. The third kappa shape index (κ3) is 4.45. The number of rotatable bonds is 7. The molecule has 2 atom stereocenters. The van der Waals surface area contributed by atoms with E-state index in [9.17, 15) is 8.42 Å². The molecule has 33 heavy (non-hydrogen) atoms. The van der Waals surface area contributed by atoms with Gasteiger partial charge >= 0.3 is 0 Å². The van der Waals surface area contributed by atoms with Crippen LogP contribution in [0.25, 0.3) is 10.8 Å². The number of hydrogen-bond acceptors (Lipinski definition) is 5. The molecule has 2 heterocycles. The average molecular weight is 467 g/mol. The number of benzene rings is 3. The van der Waals surface area contributed by atoms with Gasteiger partial charge in [0, 0.05) is 30.2 Å². The molecule has 2 fully saturated rings. The lowest BCUT2D eigenvalue weighted by Crippen LogP contribution is -2.49. The lowest BCUT2D eigenvalue weighted by atomic mass is 9.97. The van der Waals surface area contributed by atoms with E-state index in [4.69, 9.17) is 9.47 Å². The van der Waals surface area contributed by atoms with Gasteiger partial charge in [-0.2, -0.15) is 0 Å². The SMILES string of the molecule is COc1ccc(OC)c(CN2C3CCC2CC(NS(=O)(=O)c2ccc4ccccc4c2)C3)c1. The third-order valence-corrected chi connectivity index (χ3v) is 8.60. The lowest BCUT2D eigenvalue weighted by Gasteiger charge is -2.39. The number of hydrogen-bond donors (Lipinski definition) is 1. The molecule has 2 unspecified atom stereocenters. The van der Waals surface area contributed by atoms with E-state index < -0.39 is 10.0 Å². The molecule has 0 radical (unpaired) electrons. The van der Waals surface area contributed by atoms with Crippen molar-refractivity contribution in [3.05, 3.63) is 66.2 Å². The van der Waals surface area contributed by atoms with Crippen molar-refractivity contribution in [2.45, 2.75) is 55.2 Å². The van der Waals surface area contributed by atoms with Crippen LogP contribution in [0.3, 0.4) is 0 Å². The van der Waals surface area contributed by atoms with Gasteiger partial charge in [-0.1, -0.05) is 30.3 Å². The fourth-order valence-corrected chi connectivity index (χ4v) is 6.75. The summed E-state index contributed by atoms with van der Waals surface area (Å²) in [5.74, 6) is 1.67. The Morgan fingerprint density at radius 2 is 1.64 bits per heavy atom. The average Bonchev–Trinajstić information content (AvgIpc) is 3.05. The van der Waals surface area contributed by atoms with E-state index >= 15 is 0 Å². The van der Waals surface area contributed by atoms with Crippen LogP contribution in [-0.4, -0.2) is 45.7 Å². The number of nitrogens with one attached hydrogen (secondary N) is 1. The summed E-state index contributed by atoms with van der Waals surface area (Å²) in [6.07, 6.45) is 3.81. The van der Waals surface area contributed by atoms with E-state index in [2.05, 4.69) is 9.62 Å². The Bertz CT molecular complexity index is 1250. The van der Waals surface area contributed by atoms with E-state index in [1.807, 2.05) is 48.5 Å². The number of methoxy groups -OCH3 is 2. The van der Waals surface area contributed by atoms with Gasteiger partial charge in [-0.05, 0) is 66.8 Å². The first-order valence-corrected chi connectivity index (χ1v) is 12.9. The zero-order chi connectivity index (χ0) is 23.0. The molecule has 5 rings (SSSR count). The van der Waals surface area contributed by atoms with Crippen molar-refractivity contribution < 1.29 is 17.9 Å². The van der Waals surface area contributed by atoms with Gasteiger partial charge in [0.15, 0.2) is 0 Å². The molecule has 6 nitrogen and oxygen atoms in total. The van der Waals surface area contributed by atoms with Crippen molar-refractivity contribution in [2.24, 2.45) is 0 Å². The number of ether oxygens (including phenoxy) is 2. The molecular formula is C26H30N2O4S. The molecule has 2 aliphatic heterocycles. The summed E-state index contributed by atoms with van der Waals surface area (Å²) in [5, 5.41) is 1.97. The van der Waals surface area contributed by atoms with Crippen LogP contribution in [0.5, 0.6) is 11.5 Å². The van der Waals surface area contributed by atoms with Crippen molar-refractivity contribution in [3.8, 4) is 11.5 Å². The summed E-state index contributed by atoms with van der Waals surface area (Å²) < 4.78 is 40.3. The minimum atomic E-state index is -3.57. The van der Waals surface area contributed by atoms with Crippen LogP contribution in [0.2, 0.25) is 0 Å².